The molecule has 1 nitrogen and oxygen atoms in total. The van der Waals surface area contributed by atoms with Crippen LogP contribution in [0.4, 0.5) is 13.2 Å². The van der Waals surface area contributed by atoms with Gasteiger partial charge in [0.2, 0.25) is 0 Å². The molecule has 0 aliphatic heterocycles. The minimum Gasteiger partial charge on any atom is -0.301 e. The second-order valence-corrected chi connectivity index (χ2v) is 1.85. The van der Waals surface area contributed by atoms with E-state index in [0.717, 1.165) is 4.90 Å². The van der Waals surface area contributed by atoms with Gasteiger partial charge in [-0.15, -0.1) is 0 Å². The Balaban J connectivity index is 3.39. The summed E-state index contributed by atoms with van der Waals surface area (Å²) in [5.41, 5.74) is 0. The molecule has 0 radical (unpaired) electrons. The normalized spacial score (nSPS) is 12.8. The zero-order valence-corrected chi connectivity index (χ0v) is 4.79. The lowest BCUT2D eigenvalue weighted by Crippen LogP contribution is -2.27. The molecule has 0 aromatic heterocycles. The Kier molecular flexibility index (Phi) is 2.27. The SMILES string of the molecule is CN(C)CC(F)(F)F. The van der Waals surface area contributed by atoms with Crippen molar-refractivity contribution < 1.29 is 13.2 Å². The number of hydrogen-bond acceptors (Lipinski definition) is 1. The van der Waals surface area contributed by atoms with Gasteiger partial charge in [-0.2, -0.15) is 13.2 Å². The highest BCUT2D eigenvalue weighted by molar-refractivity contribution is 4.52. The lowest BCUT2D eigenvalue weighted by molar-refractivity contribution is -0.140. The van der Waals surface area contributed by atoms with Gasteiger partial charge in [0.1, 0.15) is 0 Å². The van der Waals surface area contributed by atoms with Crippen LogP contribution in [0, 0.1) is 0 Å². The molecule has 4 heteroatoms. The number of halogens is 3. The molecule has 0 aromatic rings. The lowest BCUT2D eigenvalue weighted by Gasteiger charge is -2.11. The van der Waals surface area contributed by atoms with Crippen LogP contribution < -0.4 is 0 Å². The van der Waals surface area contributed by atoms with Crippen LogP contribution >= 0.6 is 0 Å². The predicted molar refractivity (Wildman–Crippen MR) is 24.6 cm³/mol. The largest absolute Gasteiger partial charge is 0.401 e. The summed E-state index contributed by atoms with van der Waals surface area (Å²) >= 11 is 0. The van der Waals surface area contributed by atoms with Crippen LogP contribution in [0.1, 0.15) is 0 Å². The molecule has 0 amide bonds. The van der Waals surface area contributed by atoms with Crippen molar-refractivity contribution in [2.45, 2.75) is 6.18 Å². The van der Waals surface area contributed by atoms with Crippen molar-refractivity contribution in [3.8, 4) is 0 Å². The lowest BCUT2D eigenvalue weighted by atomic mass is 10.6. The van der Waals surface area contributed by atoms with Crippen molar-refractivity contribution in [2.24, 2.45) is 0 Å². The number of rotatable bonds is 1. The second kappa shape index (κ2) is 2.35. The van der Waals surface area contributed by atoms with Gasteiger partial charge in [0.05, 0.1) is 6.54 Å². The van der Waals surface area contributed by atoms with Gasteiger partial charge in [0.25, 0.3) is 0 Å². The standard InChI is InChI=1S/C4H8F3N/c1-8(2)3-4(5,6)7/h3H2,1-2H3. The average Bonchev–Trinajstić information content (AvgIpc) is 1.21. The molecule has 8 heavy (non-hydrogen) atoms. The molecule has 50 valence electrons. The molecule has 0 aliphatic carbocycles. The quantitative estimate of drug-likeness (QED) is 0.510. The maximum atomic E-state index is 11.3. The van der Waals surface area contributed by atoms with E-state index in [0.29, 0.717) is 0 Å². The highest BCUT2D eigenvalue weighted by atomic mass is 19.4. The third-order valence-electron chi connectivity index (χ3n) is 0.496. The van der Waals surface area contributed by atoms with E-state index in [-0.39, 0.29) is 0 Å². The van der Waals surface area contributed by atoms with E-state index < -0.39 is 12.7 Å². The maximum Gasteiger partial charge on any atom is 0.401 e. The Hall–Kier alpha value is -0.250. The summed E-state index contributed by atoms with van der Waals surface area (Å²) in [4.78, 5) is 1.08. The Morgan fingerprint density at radius 2 is 1.62 bits per heavy atom. The van der Waals surface area contributed by atoms with Crippen molar-refractivity contribution in [1.82, 2.24) is 4.90 Å². The maximum absolute atomic E-state index is 11.3. The van der Waals surface area contributed by atoms with Crippen molar-refractivity contribution in [1.29, 1.82) is 0 Å². The van der Waals surface area contributed by atoms with Crippen LogP contribution in [0.3, 0.4) is 0 Å². The van der Waals surface area contributed by atoms with Gasteiger partial charge >= 0.3 is 6.18 Å². The van der Waals surface area contributed by atoms with Crippen LogP contribution in [-0.2, 0) is 0 Å². The van der Waals surface area contributed by atoms with Crippen molar-refractivity contribution in [2.75, 3.05) is 20.6 Å². The first-order valence-corrected chi connectivity index (χ1v) is 2.13. The molecule has 0 saturated carbocycles. The zero-order chi connectivity index (χ0) is 6.78. The third-order valence-corrected chi connectivity index (χ3v) is 0.496. The van der Waals surface area contributed by atoms with E-state index in [4.69, 9.17) is 0 Å². The van der Waals surface area contributed by atoms with Gasteiger partial charge in [0.15, 0.2) is 0 Å². The highest BCUT2D eigenvalue weighted by Gasteiger charge is 2.27. The zero-order valence-electron chi connectivity index (χ0n) is 4.79. The molecule has 0 unspecified atom stereocenters. The topological polar surface area (TPSA) is 3.24 Å². The summed E-state index contributed by atoms with van der Waals surface area (Å²) < 4.78 is 33.8. The fourth-order valence-corrected chi connectivity index (χ4v) is 0.359. The van der Waals surface area contributed by atoms with Gasteiger partial charge in [0, 0.05) is 0 Å². The molecule has 0 N–H and O–H groups in total. The molecule has 0 rings (SSSR count). The monoisotopic (exact) mass is 127 g/mol. The molecule has 0 fully saturated rings. The van der Waals surface area contributed by atoms with Crippen molar-refractivity contribution >= 4 is 0 Å². The van der Waals surface area contributed by atoms with E-state index in [1.165, 1.54) is 14.1 Å². The third kappa shape index (κ3) is 5.75. The molecule has 0 atom stereocenters. The van der Waals surface area contributed by atoms with Crippen LogP contribution in [0.15, 0.2) is 0 Å². The Morgan fingerprint density at radius 1 is 1.25 bits per heavy atom. The van der Waals surface area contributed by atoms with E-state index in [2.05, 4.69) is 0 Å². The Labute approximate surface area is 46.1 Å². The molecule has 0 aromatic carbocycles. The van der Waals surface area contributed by atoms with Crippen LogP contribution in [0.2, 0.25) is 0 Å². The van der Waals surface area contributed by atoms with Crippen LogP contribution in [0.5, 0.6) is 0 Å². The highest BCUT2D eigenvalue weighted by Crippen LogP contribution is 2.14. The summed E-state index contributed by atoms with van der Waals surface area (Å²) in [6.07, 6.45) is -4.05. The van der Waals surface area contributed by atoms with Gasteiger partial charge in [-0.25, -0.2) is 0 Å². The summed E-state index contributed by atoms with van der Waals surface area (Å²) in [5, 5.41) is 0. The first-order chi connectivity index (χ1) is 3.42. The van der Waals surface area contributed by atoms with E-state index >= 15 is 0 Å². The fourth-order valence-electron chi connectivity index (χ4n) is 0.359. The van der Waals surface area contributed by atoms with Gasteiger partial charge in [-0.05, 0) is 14.1 Å². The summed E-state index contributed by atoms with van der Waals surface area (Å²) in [7, 11) is 2.76. The molecular formula is C4H8F3N. The van der Waals surface area contributed by atoms with E-state index in [1.54, 1.807) is 0 Å². The first kappa shape index (κ1) is 7.75. The Bertz CT molecular complexity index is 66.2. The minimum absolute atomic E-state index is 0.840. The van der Waals surface area contributed by atoms with Gasteiger partial charge < -0.3 is 4.90 Å². The van der Waals surface area contributed by atoms with Crippen LogP contribution in [0.25, 0.3) is 0 Å². The minimum atomic E-state index is -4.05. The van der Waals surface area contributed by atoms with Gasteiger partial charge in [-0.3, -0.25) is 0 Å². The Morgan fingerprint density at radius 3 is 1.62 bits per heavy atom. The molecule has 0 aliphatic rings. The van der Waals surface area contributed by atoms with Crippen LogP contribution in [-0.4, -0.2) is 31.7 Å². The van der Waals surface area contributed by atoms with E-state index in [9.17, 15) is 13.2 Å². The number of nitrogens with zero attached hydrogens (tertiary/aromatic N) is 1. The summed E-state index contributed by atoms with van der Waals surface area (Å²) in [6, 6.07) is 0. The molecule has 0 bridgehead atoms. The van der Waals surface area contributed by atoms with Crippen molar-refractivity contribution in [3.05, 3.63) is 0 Å². The molecule has 0 spiro atoms. The molecular weight excluding hydrogens is 119 g/mol. The smallest absolute Gasteiger partial charge is 0.301 e. The van der Waals surface area contributed by atoms with Gasteiger partial charge in [-0.1, -0.05) is 0 Å². The fraction of sp³-hybridized carbons (Fsp3) is 1.00. The number of hydrogen-bond donors (Lipinski definition) is 0. The first-order valence-electron chi connectivity index (χ1n) is 2.13. The van der Waals surface area contributed by atoms with Crippen molar-refractivity contribution in [3.63, 3.8) is 0 Å². The summed E-state index contributed by atoms with van der Waals surface area (Å²) in [5.74, 6) is 0. The predicted octanol–water partition coefficient (Wildman–Crippen LogP) is 1.11. The second-order valence-electron chi connectivity index (χ2n) is 1.85. The summed E-state index contributed by atoms with van der Waals surface area (Å²) in [6.45, 7) is -0.840. The van der Waals surface area contributed by atoms with E-state index in [1.807, 2.05) is 0 Å². The molecule has 0 saturated heterocycles. The average molecular weight is 127 g/mol. The number of alkyl halides is 3. The molecule has 0 heterocycles.